The molecular formula is C17H15F2N3O2S. The summed E-state index contributed by atoms with van der Waals surface area (Å²) in [5.74, 6) is -2.24. The Morgan fingerprint density at radius 2 is 2.12 bits per heavy atom. The summed E-state index contributed by atoms with van der Waals surface area (Å²) in [4.78, 5) is 30.0. The van der Waals surface area contributed by atoms with Crippen LogP contribution in [0.3, 0.4) is 0 Å². The quantitative estimate of drug-likeness (QED) is 0.775. The summed E-state index contributed by atoms with van der Waals surface area (Å²) in [5, 5.41) is 2.67. The lowest BCUT2D eigenvalue weighted by atomic mass is 10.1. The van der Waals surface area contributed by atoms with Crippen molar-refractivity contribution in [2.24, 2.45) is 0 Å². The van der Waals surface area contributed by atoms with E-state index in [1.165, 1.54) is 33.9 Å². The van der Waals surface area contributed by atoms with Crippen LogP contribution in [0.4, 0.5) is 8.78 Å². The highest BCUT2D eigenvalue weighted by atomic mass is 32.1. The van der Waals surface area contributed by atoms with Crippen LogP contribution in [0.5, 0.6) is 0 Å². The topological polar surface area (TPSA) is 63.5 Å². The number of carbonyl (C=O) groups excluding carboxylic acids is 1. The van der Waals surface area contributed by atoms with Gasteiger partial charge in [0.25, 0.3) is 11.5 Å². The maximum Gasteiger partial charge on any atom is 0.269 e. The first-order chi connectivity index (χ1) is 11.9. The smallest absolute Gasteiger partial charge is 0.269 e. The van der Waals surface area contributed by atoms with Gasteiger partial charge in [-0.2, -0.15) is 0 Å². The molecule has 2 aromatic heterocycles. The minimum atomic E-state index is -0.949. The third-order valence-electron chi connectivity index (χ3n) is 3.70. The van der Waals surface area contributed by atoms with Crippen molar-refractivity contribution in [1.82, 2.24) is 14.7 Å². The van der Waals surface area contributed by atoms with Crippen LogP contribution in [0.2, 0.25) is 0 Å². The van der Waals surface area contributed by atoms with Crippen molar-refractivity contribution in [3.63, 3.8) is 0 Å². The number of aromatic nitrogens is 2. The number of amides is 1. The zero-order valence-corrected chi connectivity index (χ0v) is 14.4. The Kier molecular flexibility index (Phi) is 4.63. The second-order valence-corrected chi connectivity index (χ2v) is 6.64. The fourth-order valence-corrected chi connectivity index (χ4v) is 3.59. The molecule has 3 aromatic rings. The van der Waals surface area contributed by atoms with E-state index < -0.39 is 17.2 Å². The molecule has 8 heteroatoms. The Labute approximate surface area is 146 Å². The first kappa shape index (κ1) is 17.2. The number of aryl methyl sites for hydroxylation is 1. The van der Waals surface area contributed by atoms with E-state index in [0.717, 1.165) is 6.07 Å². The predicted molar refractivity (Wildman–Crippen MR) is 91.2 cm³/mol. The largest absolute Gasteiger partial charge is 0.351 e. The van der Waals surface area contributed by atoms with Gasteiger partial charge in [0.2, 0.25) is 0 Å². The minimum absolute atomic E-state index is 0.0111. The number of carbonyl (C=O) groups is 1. The second kappa shape index (κ2) is 6.72. The van der Waals surface area contributed by atoms with Gasteiger partial charge in [0, 0.05) is 23.9 Å². The van der Waals surface area contributed by atoms with E-state index in [0.29, 0.717) is 22.1 Å². The molecule has 0 aliphatic carbocycles. The molecule has 0 saturated heterocycles. The van der Waals surface area contributed by atoms with Crippen LogP contribution in [-0.2, 0) is 6.42 Å². The zero-order valence-electron chi connectivity index (χ0n) is 13.6. The number of hydrogen-bond acceptors (Lipinski definition) is 4. The highest BCUT2D eigenvalue weighted by Gasteiger charge is 2.19. The molecule has 1 N–H and O–H groups in total. The molecule has 130 valence electrons. The number of nitrogens with zero attached hydrogens (tertiary/aromatic N) is 2. The summed E-state index contributed by atoms with van der Waals surface area (Å²) >= 11 is 1.20. The number of fused-ring (bicyclic) bond motifs is 1. The van der Waals surface area contributed by atoms with Gasteiger partial charge in [0.05, 0.1) is 5.69 Å². The average molecular weight is 363 g/mol. The van der Waals surface area contributed by atoms with Gasteiger partial charge in [0.1, 0.15) is 5.69 Å². The molecule has 0 radical (unpaired) electrons. The number of rotatable bonds is 4. The van der Waals surface area contributed by atoms with E-state index in [9.17, 15) is 18.4 Å². The van der Waals surface area contributed by atoms with E-state index >= 15 is 0 Å². The Bertz CT molecular complexity index is 1030. The Balaban J connectivity index is 2.08. The maximum absolute atomic E-state index is 13.8. The van der Waals surface area contributed by atoms with Crippen molar-refractivity contribution in [2.75, 3.05) is 6.54 Å². The van der Waals surface area contributed by atoms with Crippen molar-refractivity contribution in [2.45, 2.75) is 20.3 Å². The van der Waals surface area contributed by atoms with E-state index in [-0.39, 0.29) is 23.6 Å². The van der Waals surface area contributed by atoms with Crippen LogP contribution >= 0.6 is 11.3 Å². The second-order valence-electron chi connectivity index (χ2n) is 5.46. The van der Waals surface area contributed by atoms with Crippen molar-refractivity contribution >= 4 is 22.2 Å². The Morgan fingerprint density at radius 1 is 1.36 bits per heavy atom. The number of hydrogen-bond donors (Lipinski definition) is 1. The summed E-state index contributed by atoms with van der Waals surface area (Å²) in [6.45, 7) is 3.96. The molecule has 0 aliphatic rings. The van der Waals surface area contributed by atoms with E-state index in [1.807, 2.05) is 0 Å². The molecule has 1 amide bonds. The highest BCUT2D eigenvalue weighted by Crippen LogP contribution is 2.21. The van der Waals surface area contributed by atoms with Gasteiger partial charge >= 0.3 is 0 Å². The fraction of sp³-hybridized carbons (Fsp3) is 0.235. The molecular weight excluding hydrogens is 348 g/mol. The van der Waals surface area contributed by atoms with Gasteiger partial charge in [-0.15, -0.1) is 11.3 Å². The van der Waals surface area contributed by atoms with Crippen LogP contribution < -0.4 is 10.9 Å². The molecule has 2 heterocycles. The van der Waals surface area contributed by atoms with Gasteiger partial charge < -0.3 is 5.32 Å². The lowest BCUT2D eigenvalue weighted by molar-refractivity contribution is 0.0949. The molecule has 25 heavy (non-hydrogen) atoms. The summed E-state index contributed by atoms with van der Waals surface area (Å²) in [6.07, 6.45) is -0.0111. The molecule has 0 bridgehead atoms. The van der Waals surface area contributed by atoms with Crippen molar-refractivity contribution in [3.05, 3.63) is 68.1 Å². The van der Waals surface area contributed by atoms with E-state index in [2.05, 4.69) is 10.3 Å². The Morgan fingerprint density at radius 3 is 2.84 bits per heavy atom. The van der Waals surface area contributed by atoms with Gasteiger partial charge in [0.15, 0.2) is 16.6 Å². The van der Waals surface area contributed by atoms with Crippen LogP contribution in [0.25, 0.3) is 4.96 Å². The molecule has 1 aromatic carbocycles. The molecule has 0 atom stereocenters. The first-order valence-corrected chi connectivity index (χ1v) is 8.47. The van der Waals surface area contributed by atoms with Crippen molar-refractivity contribution in [1.29, 1.82) is 0 Å². The molecule has 3 rings (SSSR count). The van der Waals surface area contributed by atoms with Crippen LogP contribution in [-0.4, -0.2) is 21.8 Å². The average Bonchev–Trinajstić information content (AvgIpc) is 2.88. The monoisotopic (exact) mass is 363 g/mol. The standard InChI is InChI=1S/C17H15F2N3O2S/c1-3-20-16(24)15-9(2)25-17-21-11(8-13(23)22(15)17)7-10-5-4-6-12(18)14(10)19/h4-6,8H,3,7H2,1-2H3,(H,20,24). The van der Waals surface area contributed by atoms with Gasteiger partial charge in [-0.25, -0.2) is 18.2 Å². The lowest BCUT2D eigenvalue weighted by Crippen LogP contribution is -2.28. The third kappa shape index (κ3) is 3.17. The minimum Gasteiger partial charge on any atom is -0.351 e. The number of thiazole rings is 1. The molecule has 0 spiro atoms. The van der Waals surface area contributed by atoms with E-state index in [1.54, 1.807) is 13.8 Å². The number of benzene rings is 1. The number of nitrogens with one attached hydrogen (secondary N) is 1. The van der Waals surface area contributed by atoms with Crippen LogP contribution in [0, 0.1) is 18.6 Å². The molecule has 0 unspecified atom stereocenters. The fourth-order valence-electron chi connectivity index (χ4n) is 2.60. The summed E-state index contributed by atoms with van der Waals surface area (Å²) in [7, 11) is 0. The van der Waals surface area contributed by atoms with Gasteiger partial charge in [-0.1, -0.05) is 12.1 Å². The molecule has 5 nitrogen and oxygen atoms in total. The predicted octanol–water partition coefficient (Wildman–Crippen LogP) is 2.68. The first-order valence-electron chi connectivity index (χ1n) is 7.65. The normalized spacial score (nSPS) is 11.0. The molecule has 0 aliphatic heterocycles. The Hall–Kier alpha value is -2.61. The molecule has 0 fully saturated rings. The molecule has 0 saturated carbocycles. The third-order valence-corrected chi connectivity index (χ3v) is 4.65. The van der Waals surface area contributed by atoms with Gasteiger partial charge in [-0.05, 0) is 25.5 Å². The highest BCUT2D eigenvalue weighted by molar-refractivity contribution is 7.17. The van der Waals surface area contributed by atoms with E-state index in [4.69, 9.17) is 0 Å². The SMILES string of the molecule is CCNC(=O)c1c(C)sc2nc(Cc3cccc(F)c3F)cc(=O)n12. The van der Waals surface area contributed by atoms with Crippen molar-refractivity contribution < 1.29 is 13.6 Å². The van der Waals surface area contributed by atoms with Crippen molar-refractivity contribution in [3.8, 4) is 0 Å². The maximum atomic E-state index is 13.8. The van der Waals surface area contributed by atoms with Crippen LogP contribution in [0.1, 0.15) is 33.5 Å². The van der Waals surface area contributed by atoms with Gasteiger partial charge in [-0.3, -0.25) is 9.59 Å². The summed E-state index contributed by atoms with van der Waals surface area (Å²) < 4.78 is 28.4. The summed E-state index contributed by atoms with van der Waals surface area (Å²) in [6, 6.07) is 5.13. The zero-order chi connectivity index (χ0) is 18.1. The van der Waals surface area contributed by atoms with Crippen LogP contribution in [0.15, 0.2) is 29.1 Å². The number of halogens is 2. The lowest BCUT2D eigenvalue weighted by Gasteiger charge is -2.05. The summed E-state index contributed by atoms with van der Waals surface area (Å²) in [5.41, 5.74) is 0.261.